The molecule has 0 aliphatic carbocycles. The van der Waals surface area contributed by atoms with Gasteiger partial charge in [0.1, 0.15) is 29.5 Å². The maximum Gasteiger partial charge on any atom is 0.262 e. The van der Waals surface area contributed by atoms with Gasteiger partial charge in [0.05, 0.1) is 31.1 Å². The van der Waals surface area contributed by atoms with E-state index in [1.165, 1.54) is 25.3 Å². The van der Waals surface area contributed by atoms with Gasteiger partial charge in [-0.2, -0.15) is 0 Å². The molecule has 2 aliphatic rings. The normalized spacial score (nSPS) is 21.8. The van der Waals surface area contributed by atoms with Crippen LogP contribution in [-0.4, -0.2) is 51.5 Å². The van der Waals surface area contributed by atoms with Crippen LogP contribution in [0, 0.1) is 5.82 Å². The molecule has 3 N–H and O–H groups in total. The molecule has 11 heteroatoms. The molecule has 39 heavy (non-hydrogen) atoms. The highest BCUT2D eigenvalue weighted by atomic mass is 32.2. The van der Waals surface area contributed by atoms with Crippen LogP contribution in [0.25, 0.3) is 0 Å². The zero-order valence-corrected chi connectivity index (χ0v) is 22.0. The third-order valence-electron chi connectivity index (χ3n) is 6.95. The molecular weight excluding hydrogens is 527 g/mol. The molecule has 4 atom stereocenters. The number of nitrogens with one attached hydrogen (secondary N) is 2. The highest BCUT2D eigenvalue weighted by Crippen LogP contribution is 2.47. The highest BCUT2D eigenvalue weighted by Gasteiger charge is 2.46. The number of aliphatic hydroxyl groups is 1. The molecule has 206 valence electrons. The zero-order valence-electron chi connectivity index (χ0n) is 21.2. The topological polar surface area (TPSA) is 123 Å². The van der Waals surface area contributed by atoms with Gasteiger partial charge >= 0.3 is 0 Å². The lowest BCUT2D eigenvalue weighted by atomic mass is 9.84. The van der Waals surface area contributed by atoms with Crippen LogP contribution in [0.2, 0.25) is 0 Å². The molecule has 0 aromatic heterocycles. The summed E-state index contributed by atoms with van der Waals surface area (Å²) in [6.07, 6.45) is -1.22. The molecule has 5 rings (SSSR count). The first-order valence-electron chi connectivity index (χ1n) is 12.5. The molecule has 3 aromatic rings. The van der Waals surface area contributed by atoms with E-state index >= 15 is 0 Å². The molecule has 0 spiro atoms. The van der Waals surface area contributed by atoms with Crippen LogP contribution in [-0.2, 0) is 26.1 Å². The van der Waals surface area contributed by atoms with E-state index in [4.69, 9.17) is 14.2 Å². The van der Waals surface area contributed by atoms with Gasteiger partial charge in [-0.05, 0) is 42.8 Å². The summed E-state index contributed by atoms with van der Waals surface area (Å²) in [5.41, 5.74) is 1.50. The van der Waals surface area contributed by atoms with Crippen LogP contribution < -0.4 is 19.5 Å². The second kappa shape index (κ2) is 11.2. The summed E-state index contributed by atoms with van der Waals surface area (Å²) in [6, 6.07) is 17.4. The quantitative estimate of drug-likeness (QED) is 0.370. The second-order valence-electron chi connectivity index (χ2n) is 9.51. The number of anilines is 1. The number of ether oxygens (including phenoxy) is 3. The molecule has 1 fully saturated rings. The first kappa shape index (κ1) is 26.9. The van der Waals surface area contributed by atoms with E-state index in [9.17, 15) is 22.7 Å². The van der Waals surface area contributed by atoms with Crippen LogP contribution in [0.1, 0.15) is 29.9 Å². The summed E-state index contributed by atoms with van der Waals surface area (Å²) in [7, 11) is -2.42. The molecule has 0 unspecified atom stereocenters. The van der Waals surface area contributed by atoms with Gasteiger partial charge in [-0.15, -0.1) is 0 Å². The second-order valence-corrected chi connectivity index (χ2v) is 11.2. The Morgan fingerprint density at radius 3 is 2.72 bits per heavy atom. The smallest absolute Gasteiger partial charge is 0.262 e. The van der Waals surface area contributed by atoms with E-state index in [1.54, 1.807) is 48.5 Å². The summed E-state index contributed by atoms with van der Waals surface area (Å²) in [6.45, 7) is -0.256. The van der Waals surface area contributed by atoms with Crippen molar-refractivity contribution in [2.75, 3.05) is 18.4 Å². The Hall–Kier alpha value is -3.67. The number of carbonyl (C=O) groups is 1. The number of hydrogen-bond donors (Lipinski definition) is 3. The van der Waals surface area contributed by atoms with Crippen LogP contribution in [0.5, 0.6) is 11.5 Å². The molecule has 3 aromatic carbocycles. The molecule has 2 aliphatic heterocycles. The lowest BCUT2D eigenvalue weighted by Crippen LogP contribution is -2.47. The van der Waals surface area contributed by atoms with Crippen molar-refractivity contribution in [3.63, 3.8) is 0 Å². The number of sulfonamides is 1. The third kappa shape index (κ3) is 5.85. The standard InChI is InChI=1S/C28H29FN2O7S/c1-36-19-6-4-7-21(12-19)39(34,35)31-18-9-10-25-22(11-18)23-13-20(37-26(16-32)28(23)38-25)14-27(33)30-15-17-5-2-3-8-24(17)29/h2-12,20,23,26,28,31-32H,13-16H2,1H3,(H,30,33)/t20-,23-,26-,28+/m1/s1. The van der Waals surface area contributed by atoms with Crippen molar-refractivity contribution in [3.8, 4) is 11.5 Å². The Morgan fingerprint density at radius 1 is 1.13 bits per heavy atom. The Morgan fingerprint density at radius 2 is 1.95 bits per heavy atom. The van der Waals surface area contributed by atoms with Gasteiger partial charge < -0.3 is 24.6 Å². The van der Waals surface area contributed by atoms with Gasteiger partial charge in [0.2, 0.25) is 5.91 Å². The number of aliphatic hydroxyl groups excluding tert-OH is 1. The fraction of sp³-hybridized carbons (Fsp3) is 0.321. The molecule has 9 nitrogen and oxygen atoms in total. The highest BCUT2D eigenvalue weighted by molar-refractivity contribution is 7.92. The molecule has 1 saturated heterocycles. The minimum atomic E-state index is -3.88. The number of benzene rings is 3. The Kier molecular flexibility index (Phi) is 7.74. The largest absolute Gasteiger partial charge is 0.497 e. The van der Waals surface area contributed by atoms with Crippen molar-refractivity contribution >= 4 is 21.6 Å². The molecule has 0 radical (unpaired) electrons. The van der Waals surface area contributed by atoms with Crippen LogP contribution in [0.3, 0.4) is 0 Å². The van der Waals surface area contributed by atoms with Gasteiger partial charge in [-0.3, -0.25) is 9.52 Å². The first-order valence-corrected chi connectivity index (χ1v) is 14.0. The maximum atomic E-state index is 13.9. The SMILES string of the molecule is COc1cccc(S(=O)(=O)Nc2ccc3c(c2)[C@H]2C[C@H](CC(=O)NCc4ccccc4F)O[C@H](CO)[C@H]2O3)c1. The van der Waals surface area contributed by atoms with Crippen molar-refractivity contribution in [3.05, 3.63) is 83.7 Å². The van der Waals surface area contributed by atoms with E-state index in [2.05, 4.69) is 10.0 Å². The summed E-state index contributed by atoms with van der Waals surface area (Å²) in [4.78, 5) is 12.7. The van der Waals surface area contributed by atoms with E-state index in [1.807, 2.05) is 0 Å². The minimum Gasteiger partial charge on any atom is -0.497 e. The van der Waals surface area contributed by atoms with Gasteiger partial charge in [0.15, 0.2) is 0 Å². The minimum absolute atomic E-state index is 0.0195. The number of rotatable bonds is 9. The number of fused-ring (bicyclic) bond motifs is 3. The number of methoxy groups -OCH3 is 1. The first-order chi connectivity index (χ1) is 18.8. The fourth-order valence-corrected chi connectivity index (χ4v) is 6.13. The van der Waals surface area contributed by atoms with E-state index in [0.717, 1.165) is 5.56 Å². The number of carbonyl (C=O) groups excluding carboxylic acids is 1. The van der Waals surface area contributed by atoms with Crippen LogP contribution in [0.15, 0.2) is 71.6 Å². The monoisotopic (exact) mass is 556 g/mol. The Bertz CT molecular complexity index is 1470. The van der Waals surface area contributed by atoms with E-state index < -0.39 is 34.2 Å². The number of amides is 1. The van der Waals surface area contributed by atoms with E-state index in [-0.39, 0.29) is 36.3 Å². The van der Waals surface area contributed by atoms with Crippen molar-refractivity contribution in [1.29, 1.82) is 0 Å². The lowest BCUT2D eigenvalue weighted by molar-refractivity contribution is -0.142. The molecular formula is C28H29FN2O7S. The van der Waals surface area contributed by atoms with Crippen molar-refractivity contribution in [2.45, 2.75) is 48.5 Å². The van der Waals surface area contributed by atoms with Crippen LogP contribution >= 0.6 is 0 Å². The van der Waals surface area contributed by atoms with Crippen molar-refractivity contribution < 1.29 is 36.9 Å². The number of halogens is 1. The van der Waals surface area contributed by atoms with Gasteiger partial charge in [-0.1, -0.05) is 24.3 Å². The predicted molar refractivity (Wildman–Crippen MR) is 141 cm³/mol. The maximum absolute atomic E-state index is 13.9. The van der Waals surface area contributed by atoms with Gasteiger partial charge in [0.25, 0.3) is 10.0 Å². The van der Waals surface area contributed by atoms with E-state index in [0.29, 0.717) is 29.2 Å². The van der Waals surface area contributed by atoms with Crippen molar-refractivity contribution in [1.82, 2.24) is 5.32 Å². The molecule has 0 bridgehead atoms. The third-order valence-corrected chi connectivity index (χ3v) is 8.33. The summed E-state index contributed by atoms with van der Waals surface area (Å²) >= 11 is 0. The Balaban J connectivity index is 1.29. The average molecular weight is 557 g/mol. The molecule has 1 amide bonds. The van der Waals surface area contributed by atoms with Crippen LogP contribution in [0.4, 0.5) is 10.1 Å². The molecule has 0 saturated carbocycles. The predicted octanol–water partition coefficient (Wildman–Crippen LogP) is 3.34. The summed E-state index contributed by atoms with van der Waals surface area (Å²) < 4.78 is 59.7. The van der Waals surface area contributed by atoms with Crippen molar-refractivity contribution in [2.24, 2.45) is 0 Å². The van der Waals surface area contributed by atoms with Gasteiger partial charge in [-0.25, -0.2) is 12.8 Å². The fourth-order valence-electron chi connectivity index (χ4n) is 5.05. The van der Waals surface area contributed by atoms with Gasteiger partial charge in [0, 0.05) is 35.3 Å². The average Bonchev–Trinajstić information content (AvgIpc) is 3.30. The summed E-state index contributed by atoms with van der Waals surface area (Å²) in [5, 5.41) is 12.7. The molecule has 2 heterocycles. The lowest BCUT2D eigenvalue weighted by Gasteiger charge is -2.37. The zero-order chi connectivity index (χ0) is 27.6. The Labute approximate surface area is 226 Å². The summed E-state index contributed by atoms with van der Waals surface area (Å²) in [5.74, 6) is 0.0617. The number of hydrogen-bond acceptors (Lipinski definition) is 7.